The van der Waals surface area contributed by atoms with Gasteiger partial charge in [0, 0.05) is 37.7 Å². The Morgan fingerprint density at radius 2 is 2.04 bits per heavy atom. The molecule has 2 aliphatic heterocycles. The number of rotatable bonds is 5. The molecule has 0 radical (unpaired) electrons. The van der Waals surface area contributed by atoms with E-state index in [4.69, 9.17) is 14.2 Å². The third-order valence-electron chi connectivity index (χ3n) is 4.65. The van der Waals surface area contributed by atoms with Gasteiger partial charge in [-0.05, 0) is 19.4 Å². The topological polar surface area (TPSA) is 77.1 Å². The molecule has 1 aromatic carbocycles. The molecule has 136 valence electrons. The molecule has 0 spiro atoms. The van der Waals surface area contributed by atoms with Gasteiger partial charge in [0.15, 0.2) is 11.5 Å². The normalized spacial score (nSPS) is 19.5. The maximum atomic E-state index is 12.5. The summed E-state index contributed by atoms with van der Waals surface area (Å²) in [6.45, 7) is 4.42. The van der Waals surface area contributed by atoms with E-state index >= 15 is 0 Å². The van der Waals surface area contributed by atoms with E-state index in [1.54, 1.807) is 18.1 Å². The Kier molecular flexibility index (Phi) is 5.31. The van der Waals surface area contributed by atoms with E-state index in [0.717, 1.165) is 5.56 Å². The van der Waals surface area contributed by atoms with Crippen molar-refractivity contribution in [2.45, 2.75) is 26.3 Å². The standard InChI is InChI=1S/C18H24N2O5/c1-3-20-11-12(4-5-17(20)21)18(22)19-10-13-8-15-16(9-14(13)23-2)25-7-6-24-15/h8-9,12H,3-7,10-11H2,1-2H3,(H,19,22). The van der Waals surface area contributed by atoms with Gasteiger partial charge in [-0.1, -0.05) is 0 Å². The summed E-state index contributed by atoms with van der Waals surface area (Å²) >= 11 is 0. The average Bonchev–Trinajstić information content (AvgIpc) is 2.65. The summed E-state index contributed by atoms with van der Waals surface area (Å²) in [7, 11) is 1.59. The van der Waals surface area contributed by atoms with Crippen LogP contribution in [0.1, 0.15) is 25.3 Å². The van der Waals surface area contributed by atoms with E-state index < -0.39 is 0 Å². The smallest absolute Gasteiger partial charge is 0.225 e. The van der Waals surface area contributed by atoms with Gasteiger partial charge < -0.3 is 24.4 Å². The van der Waals surface area contributed by atoms with Crippen LogP contribution in [-0.4, -0.2) is 50.1 Å². The lowest BCUT2D eigenvalue weighted by Crippen LogP contribution is -2.45. The molecule has 7 nitrogen and oxygen atoms in total. The number of methoxy groups -OCH3 is 1. The molecule has 1 unspecified atom stereocenters. The van der Waals surface area contributed by atoms with Crippen LogP contribution in [0.5, 0.6) is 17.2 Å². The van der Waals surface area contributed by atoms with Crippen LogP contribution in [0.15, 0.2) is 12.1 Å². The lowest BCUT2D eigenvalue weighted by molar-refractivity contribution is -0.138. The van der Waals surface area contributed by atoms with Crippen molar-refractivity contribution in [2.24, 2.45) is 5.92 Å². The van der Waals surface area contributed by atoms with Crippen LogP contribution in [-0.2, 0) is 16.1 Å². The second kappa shape index (κ2) is 7.63. The molecule has 1 atom stereocenters. The lowest BCUT2D eigenvalue weighted by atomic mass is 9.96. The molecule has 0 saturated carbocycles. The zero-order chi connectivity index (χ0) is 17.8. The van der Waals surface area contributed by atoms with Crippen molar-refractivity contribution in [1.29, 1.82) is 0 Å². The van der Waals surface area contributed by atoms with E-state index in [-0.39, 0.29) is 17.7 Å². The third kappa shape index (κ3) is 3.81. The summed E-state index contributed by atoms with van der Waals surface area (Å²) in [5.74, 6) is 1.89. The van der Waals surface area contributed by atoms with E-state index in [1.165, 1.54) is 0 Å². The summed E-state index contributed by atoms with van der Waals surface area (Å²) in [6.07, 6.45) is 1.03. The fraction of sp³-hybridized carbons (Fsp3) is 0.556. The second-order valence-electron chi connectivity index (χ2n) is 6.19. The van der Waals surface area contributed by atoms with Crippen molar-refractivity contribution in [3.8, 4) is 17.2 Å². The number of amides is 2. The Bertz CT molecular complexity index is 661. The van der Waals surface area contributed by atoms with Crippen LogP contribution < -0.4 is 19.5 Å². The molecule has 0 aliphatic carbocycles. The summed E-state index contributed by atoms with van der Waals surface area (Å²) in [5.41, 5.74) is 0.833. The first kappa shape index (κ1) is 17.4. The predicted octanol–water partition coefficient (Wildman–Crippen LogP) is 1.34. The molecule has 1 aromatic rings. The number of piperidine rings is 1. The molecule has 25 heavy (non-hydrogen) atoms. The minimum Gasteiger partial charge on any atom is -0.496 e. The number of hydrogen-bond acceptors (Lipinski definition) is 5. The highest BCUT2D eigenvalue weighted by Gasteiger charge is 2.29. The van der Waals surface area contributed by atoms with E-state index in [2.05, 4.69) is 5.32 Å². The highest BCUT2D eigenvalue weighted by Crippen LogP contribution is 2.36. The lowest BCUT2D eigenvalue weighted by Gasteiger charge is -2.31. The van der Waals surface area contributed by atoms with Crippen LogP contribution in [0.4, 0.5) is 0 Å². The van der Waals surface area contributed by atoms with Crippen molar-refractivity contribution >= 4 is 11.8 Å². The van der Waals surface area contributed by atoms with Crippen molar-refractivity contribution in [2.75, 3.05) is 33.4 Å². The number of benzene rings is 1. The van der Waals surface area contributed by atoms with E-state index in [1.807, 2.05) is 13.0 Å². The first-order chi connectivity index (χ1) is 12.1. The summed E-state index contributed by atoms with van der Waals surface area (Å²) in [5, 5.41) is 2.96. The Balaban J connectivity index is 1.65. The van der Waals surface area contributed by atoms with E-state index in [0.29, 0.717) is 62.9 Å². The molecule has 3 rings (SSSR count). The molecule has 0 bridgehead atoms. The van der Waals surface area contributed by atoms with Crippen LogP contribution in [0, 0.1) is 5.92 Å². The molecular weight excluding hydrogens is 324 g/mol. The van der Waals surface area contributed by atoms with Gasteiger partial charge in [-0.2, -0.15) is 0 Å². The Labute approximate surface area is 147 Å². The minimum absolute atomic E-state index is 0.0390. The fourth-order valence-electron chi connectivity index (χ4n) is 3.20. The number of carbonyl (C=O) groups is 2. The molecule has 1 fully saturated rings. The molecule has 2 amide bonds. The second-order valence-corrected chi connectivity index (χ2v) is 6.19. The predicted molar refractivity (Wildman–Crippen MR) is 90.8 cm³/mol. The number of hydrogen-bond donors (Lipinski definition) is 1. The Hall–Kier alpha value is -2.44. The van der Waals surface area contributed by atoms with Gasteiger partial charge >= 0.3 is 0 Å². The molecule has 7 heteroatoms. The van der Waals surface area contributed by atoms with Crippen LogP contribution in [0.3, 0.4) is 0 Å². The zero-order valence-electron chi connectivity index (χ0n) is 14.7. The summed E-state index contributed by atoms with van der Waals surface area (Å²) in [4.78, 5) is 26.0. The number of carbonyl (C=O) groups excluding carboxylic acids is 2. The first-order valence-electron chi connectivity index (χ1n) is 8.64. The molecule has 2 heterocycles. The van der Waals surface area contributed by atoms with Crippen LogP contribution >= 0.6 is 0 Å². The van der Waals surface area contributed by atoms with Gasteiger partial charge in [-0.25, -0.2) is 0 Å². The SMILES string of the molecule is CCN1CC(C(=O)NCc2cc3c(cc2OC)OCCO3)CCC1=O. The number of likely N-dealkylation sites (tertiary alicyclic amines) is 1. The van der Waals surface area contributed by atoms with Gasteiger partial charge in [-0.15, -0.1) is 0 Å². The summed E-state index contributed by atoms with van der Waals surface area (Å²) in [6, 6.07) is 3.63. The minimum atomic E-state index is -0.166. The fourth-order valence-corrected chi connectivity index (χ4v) is 3.20. The van der Waals surface area contributed by atoms with E-state index in [9.17, 15) is 9.59 Å². The van der Waals surface area contributed by atoms with Crippen molar-refractivity contribution in [1.82, 2.24) is 10.2 Å². The monoisotopic (exact) mass is 348 g/mol. The van der Waals surface area contributed by atoms with Gasteiger partial charge in [0.25, 0.3) is 0 Å². The number of ether oxygens (including phenoxy) is 3. The van der Waals surface area contributed by atoms with Crippen LogP contribution in [0.25, 0.3) is 0 Å². The van der Waals surface area contributed by atoms with Crippen molar-refractivity contribution in [3.05, 3.63) is 17.7 Å². The maximum Gasteiger partial charge on any atom is 0.225 e. The quantitative estimate of drug-likeness (QED) is 0.869. The average molecular weight is 348 g/mol. The van der Waals surface area contributed by atoms with Gasteiger partial charge in [0.05, 0.1) is 13.0 Å². The molecule has 1 saturated heterocycles. The number of fused-ring (bicyclic) bond motifs is 1. The number of nitrogens with one attached hydrogen (secondary N) is 1. The largest absolute Gasteiger partial charge is 0.496 e. The molecule has 2 aliphatic rings. The van der Waals surface area contributed by atoms with Crippen molar-refractivity contribution < 1.29 is 23.8 Å². The first-order valence-corrected chi connectivity index (χ1v) is 8.64. The molecule has 0 aromatic heterocycles. The highest BCUT2D eigenvalue weighted by atomic mass is 16.6. The molecular formula is C18H24N2O5. The molecule has 1 N–H and O–H groups in total. The van der Waals surface area contributed by atoms with Crippen LogP contribution in [0.2, 0.25) is 0 Å². The maximum absolute atomic E-state index is 12.5. The number of nitrogens with zero attached hydrogens (tertiary/aromatic N) is 1. The van der Waals surface area contributed by atoms with Gasteiger partial charge in [0.2, 0.25) is 11.8 Å². The Morgan fingerprint density at radius 1 is 1.32 bits per heavy atom. The third-order valence-corrected chi connectivity index (χ3v) is 4.65. The van der Waals surface area contributed by atoms with Crippen molar-refractivity contribution in [3.63, 3.8) is 0 Å². The van der Waals surface area contributed by atoms with Gasteiger partial charge in [-0.3, -0.25) is 9.59 Å². The van der Waals surface area contributed by atoms with Gasteiger partial charge in [0.1, 0.15) is 19.0 Å². The Morgan fingerprint density at radius 3 is 2.72 bits per heavy atom. The highest BCUT2D eigenvalue weighted by molar-refractivity contribution is 5.83. The summed E-state index contributed by atoms with van der Waals surface area (Å²) < 4.78 is 16.5. The zero-order valence-corrected chi connectivity index (χ0v) is 14.7.